The molecule has 0 aliphatic rings. The molecule has 0 bridgehead atoms. The van der Waals surface area contributed by atoms with Gasteiger partial charge in [0.25, 0.3) is 0 Å². The largest absolute Gasteiger partial charge is 0.388 e. The summed E-state index contributed by atoms with van der Waals surface area (Å²) in [4.78, 5) is 2.65. The fourth-order valence-corrected chi connectivity index (χ4v) is 3.23. The Kier molecular flexibility index (Phi) is 4.20. The van der Waals surface area contributed by atoms with Gasteiger partial charge in [-0.1, -0.05) is 36.2 Å². The molecule has 0 amide bonds. The highest BCUT2D eigenvalue weighted by molar-refractivity contribution is 7.11. The van der Waals surface area contributed by atoms with Gasteiger partial charge in [0.1, 0.15) is 0 Å². The van der Waals surface area contributed by atoms with E-state index >= 15 is 0 Å². The van der Waals surface area contributed by atoms with E-state index in [0.717, 1.165) is 12.0 Å². The van der Waals surface area contributed by atoms with Gasteiger partial charge < -0.3 is 5.11 Å². The first-order valence-corrected chi connectivity index (χ1v) is 7.24. The van der Waals surface area contributed by atoms with Crippen LogP contribution in [-0.4, -0.2) is 5.11 Å². The number of rotatable bonds is 4. The Bertz CT molecular complexity index is 507. The molecule has 2 rings (SSSR count). The van der Waals surface area contributed by atoms with Crippen molar-refractivity contribution in [2.75, 3.05) is 0 Å². The summed E-state index contributed by atoms with van der Waals surface area (Å²) < 4.78 is 0. The first-order valence-electron chi connectivity index (χ1n) is 6.42. The minimum absolute atomic E-state index is 0.396. The molecular formula is C16H20OS. The third-order valence-corrected chi connectivity index (χ3v) is 4.34. The number of hydrogen-bond donors (Lipinski definition) is 1. The SMILES string of the molecule is CCc1ccc(CC(O)c2cc(C)cc(C)c2)s1. The maximum atomic E-state index is 10.3. The lowest BCUT2D eigenvalue weighted by molar-refractivity contribution is 0.179. The number of aliphatic hydroxyl groups is 1. The predicted octanol–water partition coefficient (Wildman–Crippen LogP) is 4.20. The van der Waals surface area contributed by atoms with E-state index in [0.29, 0.717) is 6.42 Å². The molecule has 2 aromatic rings. The number of thiophene rings is 1. The molecule has 1 heterocycles. The summed E-state index contributed by atoms with van der Waals surface area (Å²) in [7, 11) is 0. The third-order valence-electron chi connectivity index (χ3n) is 3.09. The van der Waals surface area contributed by atoms with Gasteiger partial charge in [-0.2, -0.15) is 0 Å². The molecule has 0 spiro atoms. The molecule has 1 N–H and O–H groups in total. The topological polar surface area (TPSA) is 20.2 Å². The molecular weight excluding hydrogens is 240 g/mol. The molecule has 0 radical (unpaired) electrons. The summed E-state index contributed by atoms with van der Waals surface area (Å²) in [5.74, 6) is 0. The number of hydrogen-bond acceptors (Lipinski definition) is 2. The van der Waals surface area contributed by atoms with Crippen molar-refractivity contribution in [1.29, 1.82) is 0 Å². The Morgan fingerprint density at radius 2 is 1.67 bits per heavy atom. The van der Waals surface area contributed by atoms with Gasteiger partial charge in [-0.05, 0) is 38.0 Å². The molecule has 0 fully saturated rings. The van der Waals surface area contributed by atoms with Gasteiger partial charge in [0, 0.05) is 16.2 Å². The highest BCUT2D eigenvalue weighted by Crippen LogP contribution is 2.25. The van der Waals surface area contributed by atoms with Crippen molar-refractivity contribution < 1.29 is 5.11 Å². The fourth-order valence-electron chi connectivity index (χ4n) is 2.23. The average molecular weight is 260 g/mol. The van der Waals surface area contributed by atoms with Crippen LogP contribution in [0.15, 0.2) is 30.3 Å². The van der Waals surface area contributed by atoms with E-state index in [-0.39, 0.29) is 0 Å². The fraction of sp³-hybridized carbons (Fsp3) is 0.375. The highest BCUT2D eigenvalue weighted by atomic mass is 32.1. The van der Waals surface area contributed by atoms with Crippen molar-refractivity contribution in [2.24, 2.45) is 0 Å². The molecule has 0 aliphatic carbocycles. The zero-order chi connectivity index (χ0) is 13.1. The zero-order valence-corrected chi connectivity index (χ0v) is 12.1. The van der Waals surface area contributed by atoms with Crippen LogP contribution in [0.1, 0.15) is 39.5 Å². The van der Waals surface area contributed by atoms with Crippen LogP contribution in [-0.2, 0) is 12.8 Å². The van der Waals surface area contributed by atoms with Crippen LogP contribution >= 0.6 is 11.3 Å². The van der Waals surface area contributed by atoms with Crippen molar-refractivity contribution in [2.45, 2.75) is 39.7 Å². The zero-order valence-electron chi connectivity index (χ0n) is 11.2. The summed E-state index contributed by atoms with van der Waals surface area (Å²) in [5.41, 5.74) is 3.45. The lowest BCUT2D eigenvalue weighted by Crippen LogP contribution is -2.01. The van der Waals surface area contributed by atoms with E-state index in [4.69, 9.17) is 0 Å². The molecule has 18 heavy (non-hydrogen) atoms. The molecule has 0 saturated heterocycles. The summed E-state index contributed by atoms with van der Waals surface area (Å²) >= 11 is 1.80. The molecule has 1 aromatic heterocycles. The second-order valence-electron chi connectivity index (χ2n) is 4.86. The van der Waals surface area contributed by atoms with Crippen molar-refractivity contribution in [3.05, 3.63) is 56.8 Å². The smallest absolute Gasteiger partial charge is 0.0838 e. The molecule has 1 nitrogen and oxygen atoms in total. The number of benzene rings is 1. The molecule has 2 heteroatoms. The van der Waals surface area contributed by atoms with Gasteiger partial charge in [0.2, 0.25) is 0 Å². The monoisotopic (exact) mass is 260 g/mol. The minimum atomic E-state index is -0.396. The summed E-state index contributed by atoms with van der Waals surface area (Å²) in [6.45, 7) is 6.31. The molecule has 0 aliphatic heterocycles. The van der Waals surface area contributed by atoms with Gasteiger partial charge >= 0.3 is 0 Å². The Morgan fingerprint density at radius 1 is 1.06 bits per heavy atom. The van der Waals surface area contributed by atoms with Crippen LogP contribution in [0.2, 0.25) is 0 Å². The highest BCUT2D eigenvalue weighted by Gasteiger charge is 2.11. The quantitative estimate of drug-likeness (QED) is 0.873. The van der Waals surface area contributed by atoms with E-state index in [1.54, 1.807) is 11.3 Å². The van der Waals surface area contributed by atoms with Crippen LogP contribution in [0, 0.1) is 13.8 Å². The Balaban J connectivity index is 2.13. The normalized spacial score (nSPS) is 12.7. The van der Waals surface area contributed by atoms with Gasteiger partial charge in [0.15, 0.2) is 0 Å². The first-order chi connectivity index (χ1) is 8.58. The van der Waals surface area contributed by atoms with Crippen LogP contribution in [0.3, 0.4) is 0 Å². The lowest BCUT2D eigenvalue weighted by Gasteiger charge is -2.11. The van der Waals surface area contributed by atoms with Crippen molar-refractivity contribution >= 4 is 11.3 Å². The van der Waals surface area contributed by atoms with Crippen LogP contribution in [0.5, 0.6) is 0 Å². The van der Waals surface area contributed by atoms with Crippen molar-refractivity contribution in [1.82, 2.24) is 0 Å². The Morgan fingerprint density at radius 3 is 2.22 bits per heavy atom. The standard InChI is InChI=1S/C16H20OS/c1-4-14-5-6-15(18-14)10-16(17)13-8-11(2)7-12(3)9-13/h5-9,16-17H,4,10H2,1-3H3. The van der Waals surface area contributed by atoms with Crippen molar-refractivity contribution in [3.63, 3.8) is 0 Å². The number of aliphatic hydroxyl groups excluding tert-OH is 1. The van der Waals surface area contributed by atoms with E-state index < -0.39 is 6.10 Å². The maximum absolute atomic E-state index is 10.3. The first kappa shape index (κ1) is 13.3. The number of aryl methyl sites for hydroxylation is 3. The van der Waals surface area contributed by atoms with Gasteiger partial charge in [-0.3, -0.25) is 0 Å². The summed E-state index contributed by atoms with van der Waals surface area (Å²) in [5, 5.41) is 10.3. The Labute approximate surface area is 113 Å². The Hall–Kier alpha value is -1.12. The van der Waals surface area contributed by atoms with Gasteiger partial charge in [-0.25, -0.2) is 0 Å². The third kappa shape index (κ3) is 3.21. The van der Waals surface area contributed by atoms with Crippen LogP contribution in [0.4, 0.5) is 0 Å². The van der Waals surface area contributed by atoms with E-state index in [1.165, 1.54) is 20.9 Å². The van der Waals surface area contributed by atoms with Crippen molar-refractivity contribution in [3.8, 4) is 0 Å². The van der Waals surface area contributed by atoms with E-state index in [2.05, 4.69) is 51.1 Å². The van der Waals surface area contributed by atoms with Gasteiger partial charge in [-0.15, -0.1) is 11.3 Å². The lowest BCUT2D eigenvalue weighted by atomic mass is 10.0. The molecule has 1 atom stereocenters. The second-order valence-corrected chi connectivity index (χ2v) is 6.12. The summed E-state index contributed by atoms with van der Waals surface area (Å²) in [6.07, 6.45) is 1.39. The van der Waals surface area contributed by atoms with E-state index in [1.807, 2.05) is 0 Å². The molecule has 96 valence electrons. The second kappa shape index (κ2) is 5.68. The van der Waals surface area contributed by atoms with E-state index in [9.17, 15) is 5.11 Å². The average Bonchev–Trinajstić information content (AvgIpc) is 2.75. The summed E-state index contributed by atoms with van der Waals surface area (Å²) in [6, 6.07) is 10.6. The van der Waals surface area contributed by atoms with Crippen LogP contribution in [0.25, 0.3) is 0 Å². The molecule has 1 aromatic carbocycles. The maximum Gasteiger partial charge on any atom is 0.0838 e. The van der Waals surface area contributed by atoms with Crippen LogP contribution < -0.4 is 0 Å². The molecule has 0 saturated carbocycles. The minimum Gasteiger partial charge on any atom is -0.388 e. The van der Waals surface area contributed by atoms with Gasteiger partial charge in [0.05, 0.1) is 6.10 Å². The predicted molar refractivity (Wildman–Crippen MR) is 78.3 cm³/mol. The molecule has 1 unspecified atom stereocenters.